The van der Waals surface area contributed by atoms with Gasteiger partial charge >= 0.3 is 5.69 Å². The molecule has 0 spiro atoms. The quantitative estimate of drug-likeness (QED) is 0.718. The van der Waals surface area contributed by atoms with Crippen LogP contribution < -0.4 is 16.6 Å². The highest BCUT2D eigenvalue weighted by Gasteiger charge is 2.38. The van der Waals surface area contributed by atoms with Gasteiger partial charge in [-0.25, -0.2) is 4.79 Å². The zero-order chi connectivity index (χ0) is 14.9. The van der Waals surface area contributed by atoms with E-state index < -0.39 is 5.60 Å². The number of nitrogens with zero attached hydrogens (tertiary/aromatic N) is 2. The molecule has 2 rings (SSSR count). The van der Waals surface area contributed by atoms with E-state index in [-0.39, 0.29) is 17.4 Å². The first kappa shape index (κ1) is 15.0. The topological polar surface area (TPSA) is 85.5 Å². The molecule has 0 amide bonds. The molecule has 1 aliphatic rings. The second-order valence-corrected chi connectivity index (χ2v) is 5.34. The summed E-state index contributed by atoms with van der Waals surface area (Å²) in [4.78, 5) is 23.4. The number of nitrogens with one attached hydrogen (secondary N) is 1. The summed E-state index contributed by atoms with van der Waals surface area (Å²) in [7, 11) is 3.07. The fourth-order valence-corrected chi connectivity index (χ4v) is 2.36. The van der Waals surface area contributed by atoms with Crippen LogP contribution in [0.25, 0.3) is 0 Å². The molecule has 2 atom stereocenters. The van der Waals surface area contributed by atoms with Gasteiger partial charge in [0.25, 0.3) is 5.56 Å². The predicted octanol–water partition coefficient (Wildman–Crippen LogP) is -1.29. The van der Waals surface area contributed by atoms with E-state index in [0.29, 0.717) is 31.8 Å². The zero-order valence-electron chi connectivity index (χ0n) is 12.0. The van der Waals surface area contributed by atoms with Crippen molar-refractivity contribution < 1.29 is 9.84 Å². The van der Waals surface area contributed by atoms with Crippen molar-refractivity contribution in [2.24, 2.45) is 14.1 Å². The van der Waals surface area contributed by atoms with Crippen LogP contribution >= 0.6 is 0 Å². The van der Waals surface area contributed by atoms with Crippen LogP contribution in [0.5, 0.6) is 0 Å². The summed E-state index contributed by atoms with van der Waals surface area (Å²) >= 11 is 0. The lowest BCUT2D eigenvalue weighted by molar-refractivity contribution is -0.0263. The Kier molecular flexibility index (Phi) is 4.12. The summed E-state index contributed by atoms with van der Waals surface area (Å²) in [6, 6.07) is 1.42. The van der Waals surface area contributed by atoms with Crippen LogP contribution in [0, 0.1) is 0 Å². The minimum absolute atomic E-state index is 0.220. The van der Waals surface area contributed by atoms with Crippen LogP contribution in [-0.4, -0.2) is 39.1 Å². The van der Waals surface area contributed by atoms with Crippen molar-refractivity contribution in [1.29, 1.82) is 0 Å². The van der Waals surface area contributed by atoms with Crippen molar-refractivity contribution in [3.63, 3.8) is 0 Å². The molecule has 7 heteroatoms. The SMILES string of the molecule is CC1OCCC1(O)CNCc1cc(=O)n(C)c(=O)n1C. The van der Waals surface area contributed by atoms with Crippen LogP contribution in [0.2, 0.25) is 0 Å². The van der Waals surface area contributed by atoms with Gasteiger partial charge in [-0.2, -0.15) is 0 Å². The van der Waals surface area contributed by atoms with Gasteiger partial charge in [-0.3, -0.25) is 13.9 Å². The van der Waals surface area contributed by atoms with Gasteiger partial charge < -0.3 is 15.2 Å². The first-order chi connectivity index (χ1) is 9.35. The maximum absolute atomic E-state index is 11.8. The smallest absolute Gasteiger partial charge is 0.330 e. The summed E-state index contributed by atoms with van der Waals surface area (Å²) in [5.41, 5.74) is -0.987. The van der Waals surface area contributed by atoms with Crippen LogP contribution in [-0.2, 0) is 25.4 Å². The van der Waals surface area contributed by atoms with Gasteiger partial charge in [0, 0.05) is 52.0 Å². The molecule has 7 nitrogen and oxygen atoms in total. The van der Waals surface area contributed by atoms with Gasteiger partial charge in [0.1, 0.15) is 5.60 Å². The highest BCUT2D eigenvalue weighted by Crippen LogP contribution is 2.24. The molecule has 0 aliphatic carbocycles. The number of aromatic nitrogens is 2. The molecule has 2 heterocycles. The van der Waals surface area contributed by atoms with Crippen molar-refractivity contribution >= 4 is 0 Å². The standard InChI is InChI=1S/C13H21N3O4/c1-9-13(19,4-5-20-9)8-14-7-10-6-11(17)16(3)12(18)15(10)2/h6,9,14,19H,4-5,7-8H2,1-3H3. The number of hydrogen-bond donors (Lipinski definition) is 2. The summed E-state index contributed by atoms with van der Waals surface area (Å²) in [6.07, 6.45) is 0.360. The van der Waals surface area contributed by atoms with Crippen LogP contribution in [0.4, 0.5) is 0 Å². The minimum Gasteiger partial charge on any atom is -0.386 e. The third kappa shape index (κ3) is 2.70. The zero-order valence-corrected chi connectivity index (χ0v) is 12.0. The minimum atomic E-state index is -0.890. The van der Waals surface area contributed by atoms with Gasteiger partial charge in [-0.05, 0) is 6.92 Å². The lowest BCUT2D eigenvalue weighted by Gasteiger charge is -2.26. The fraction of sp³-hybridized carbons (Fsp3) is 0.692. The van der Waals surface area contributed by atoms with E-state index in [1.54, 1.807) is 7.05 Å². The molecular weight excluding hydrogens is 262 g/mol. The molecule has 0 bridgehead atoms. The van der Waals surface area contributed by atoms with Crippen molar-refractivity contribution in [3.8, 4) is 0 Å². The van der Waals surface area contributed by atoms with Crippen LogP contribution in [0.1, 0.15) is 19.0 Å². The Morgan fingerprint density at radius 2 is 2.15 bits per heavy atom. The Morgan fingerprint density at radius 3 is 2.75 bits per heavy atom. The highest BCUT2D eigenvalue weighted by atomic mass is 16.5. The Balaban J connectivity index is 2.05. The lowest BCUT2D eigenvalue weighted by atomic mass is 9.97. The second kappa shape index (κ2) is 5.51. The largest absolute Gasteiger partial charge is 0.386 e. The van der Waals surface area contributed by atoms with E-state index in [0.717, 1.165) is 4.57 Å². The molecule has 20 heavy (non-hydrogen) atoms. The van der Waals surface area contributed by atoms with Crippen LogP contribution in [0.3, 0.4) is 0 Å². The number of hydrogen-bond acceptors (Lipinski definition) is 5. The van der Waals surface area contributed by atoms with E-state index in [2.05, 4.69) is 5.32 Å². The number of aliphatic hydroxyl groups is 1. The second-order valence-electron chi connectivity index (χ2n) is 5.34. The molecule has 112 valence electrons. The van der Waals surface area contributed by atoms with Gasteiger partial charge in [-0.15, -0.1) is 0 Å². The molecule has 1 aromatic heterocycles. The number of rotatable bonds is 4. The van der Waals surface area contributed by atoms with Gasteiger partial charge in [0.05, 0.1) is 6.10 Å². The Labute approximate surface area is 116 Å². The van der Waals surface area contributed by atoms with E-state index in [1.165, 1.54) is 17.7 Å². The Morgan fingerprint density at radius 1 is 1.45 bits per heavy atom. The first-order valence-electron chi connectivity index (χ1n) is 6.66. The first-order valence-corrected chi connectivity index (χ1v) is 6.66. The normalized spacial score (nSPS) is 26.1. The molecular formula is C13H21N3O4. The molecule has 2 N–H and O–H groups in total. The molecule has 1 fully saturated rings. The van der Waals surface area contributed by atoms with Crippen molar-refractivity contribution in [2.45, 2.75) is 31.6 Å². The van der Waals surface area contributed by atoms with Crippen LogP contribution in [0.15, 0.2) is 15.7 Å². The van der Waals surface area contributed by atoms with Crippen molar-refractivity contribution in [2.75, 3.05) is 13.2 Å². The summed E-state index contributed by atoms with van der Waals surface area (Å²) in [5, 5.41) is 13.4. The van der Waals surface area contributed by atoms with E-state index in [1.807, 2.05) is 6.92 Å². The van der Waals surface area contributed by atoms with E-state index in [9.17, 15) is 14.7 Å². The molecule has 2 unspecified atom stereocenters. The van der Waals surface area contributed by atoms with E-state index in [4.69, 9.17) is 4.74 Å². The lowest BCUT2D eigenvalue weighted by Crippen LogP contribution is -2.46. The average Bonchev–Trinajstić information content (AvgIpc) is 2.73. The van der Waals surface area contributed by atoms with Gasteiger partial charge in [0.15, 0.2) is 0 Å². The molecule has 1 aliphatic heterocycles. The van der Waals surface area contributed by atoms with Crippen molar-refractivity contribution in [3.05, 3.63) is 32.6 Å². The molecule has 0 saturated carbocycles. The Hall–Kier alpha value is -1.44. The molecule has 0 radical (unpaired) electrons. The summed E-state index contributed by atoms with van der Waals surface area (Å²) in [6.45, 7) is 3.08. The summed E-state index contributed by atoms with van der Waals surface area (Å²) < 4.78 is 7.83. The number of ether oxygens (including phenoxy) is 1. The monoisotopic (exact) mass is 283 g/mol. The van der Waals surface area contributed by atoms with Gasteiger partial charge in [-0.1, -0.05) is 0 Å². The van der Waals surface area contributed by atoms with Crippen molar-refractivity contribution in [1.82, 2.24) is 14.5 Å². The maximum Gasteiger partial charge on any atom is 0.330 e. The highest BCUT2D eigenvalue weighted by molar-refractivity contribution is 5.02. The molecule has 1 saturated heterocycles. The van der Waals surface area contributed by atoms with E-state index >= 15 is 0 Å². The maximum atomic E-state index is 11.8. The fourth-order valence-electron chi connectivity index (χ4n) is 2.36. The predicted molar refractivity (Wildman–Crippen MR) is 73.6 cm³/mol. The average molecular weight is 283 g/mol. The third-order valence-electron chi connectivity index (χ3n) is 4.02. The third-order valence-corrected chi connectivity index (χ3v) is 4.02. The summed E-state index contributed by atoms with van der Waals surface area (Å²) in [5.74, 6) is 0. The molecule has 1 aromatic rings. The molecule has 0 aromatic carbocycles. The van der Waals surface area contributed by atoms with Gasteiger partial charge in [0.2, 0.25) is 0 Å². The Bertz CT molecular complexity index is 607.